The molecule has 1 saturated heterocycles. The second-order valence-corrected chi connectivity index (χ2v) is 4.39. The van der Waals surface area contributed by atoms with Gasteiger partial charge in [-0.25, -0.2) is 0 Å². The van der Waals surface area contributed by atoms with Gasteiger partial charge in [0.1, 0.15) is 5.76 Å². The minimum Gasteiger partial charge on any atom is -0.446 e. The summed E-state index contributed by atoms with van der Waals surface area (Å²) in [6.45, 7) is 4.23. The first-order valence-corrected chi connectivity index (χ1v) is 5.76. The molecule has 0 spiro atoms. The van der Waals surface area contributed by atoms with Gasteiger partial charge in [0.05, 0.1) is 0 Å². The number of hydrogen-bond acceptors (Lipinski definition) is 3. The van der Waals surface area contributed by atoms with Gasteiger partial charge in [-0.3, -0.25) is 0 Å². The van der Waals surface area contributed by atoms with Crippen LogP contribution in [-0.4, -0.2) is 26.2 Å². The van der Waals surface area contributed by atoms with E-state index in [-0.39, 0.29) is 0 Å². The molecule has 1 unspecified atom stereocenters. The maximum absolute atomic E-state index is 5.57. The van der Waals surface area contributed by atoms with Crippen LogP contribution in [0.3, 0.4) is 0 Å². The van der Waals surface area contributed by atoms with Gasteiger partial charge in [0.15, 0.2) is 5.88 Å². The van der Waals surface area contributed by atoms with Crippen molar-refractivity contribution < 1.29 is 4.42 Å². The number of furan rings is 1. The van der Waals surface area contributed by atoms with Crippen LogP contribution in [0.4, 0.5) is 5.88 Å². The van der Waals surface area contributed by atoms with Crippen molar-refractivity contribution in [1.29, 1.82) is 0 Å². The van der Waals surface area contributed by atoms with Crippen molar-refractivity contribution in [1.82, 2.24) is 5.32 Å². The summed E-state index contributed by atoms with van der Waals surface area (Å²) >= 11 is 0. The smallest absolute Gasteiger partial charge is 0.195 e. The molecule has 0 bridgehead atoms. The Morgan fingerprint density at radius 1 is 1.53 bits per heavy atom. The van der Waals surface area contributed by atoms with Crippen molar-refractivity contribution in [3.8, 4) is 0 Å². The molecule has 84 valence electrons. The fourth-order valence-electron chi connectivity index (χ4n) is 2.09. The van der Waals surface area contributed by atoms with E-state index in [1.807, 2.05) is 19.1 Å². The van der Waals surface area contributed by atoms with Crippen LogP contribution >= 0.6 is 0 Å². The maximum Gasteiger partial charge on any atom is 0.195 e. The summed E-state index contributed by atoms with van der Waals surface area (Å²) in [4.78, 5) is 2.19. The Bertz CT molecular complexity index is 302. The summed E-state index contributed by atoms with van der Waals surface area (Å²) in [5, 5.41) is 3.51. The van der Waals surface area contributed by atoms with E-state index in [1.54, 1.807) is 0 Å². The summed E-state index contributed by atoms with van der Waals surface area (Å²) < 4.78 is 5.57. The standard InChI is InChI=1S/C12H20N2O/c1-10-5-6-12(15-10)14(2)9-7-11-4-3-8-13-11/h5-6,11,13H,3-4,7-9H2,1-2H3. The molecule has 1 aliphatic heterocycles. The fourth-order valence-corrected chi connectivity index (χ4v) is 2.09. The summed E-state index contributed by atoms with van der Waals surface area (Å²) in [5.41, 5.74) is 0. The van der Waals surface area contributed by atoms with Gasteiger partial charge in [-0.15, -0.1) is 0 Å². The highest BCUT2D eigenvalue weighted by Gasteiger charge is 2.15. The van der Waals surface area contributed by atoms with E-state index in [0.29, 0.717) is 6.04 Å². The zero-order valence-electron chi connectivity index (χ0n) is 9.62. The van der Waals surface area contributed by atoms with E-state index in [1.165, 1.54) is 25.8 Å². The van der Waals surface area contributed by atoms with Crippen molar-refractivity contribution in [3.63, 3.8) is 0 Å². The number of rotatable bonds is 4. The Morgan fingerprint density at radius 3 is 3.00 bits per heavy atom. The Kier molecular flexibility index (Phi) is 3.31. The van der Waals surface area contributed by atoms with Gasteiger partial charge in [0.25, 0.3) is 0 Å². The molecule has 1 aromatic heterocycles. The second-order valence-electron chi connectivity index (χ2n) is 4.39. The lowest BCUT2D eigenvalue weighted by atomic mass is 10.1. The van der Waals surface area contributed by atoms with Crippen molar-refractivity contribution in [3.05, 3.63) is 17.9 Å². The first kappa shape index (κ1) is 10.6. The SMILES string of the molecule is Cc1ccc(N(C)CCC2CCCN2)o1. The van der Waals surface area contributed by atoms with Crippen LogP contribution in [0.5, 0.6) is 0 Å². The highest BCUT2D eigenvalue weighted by atomic mass is 16.4. The molecule has 3 nitrogen and oxygen atoms in total. The quantitative estimate of drug-likeness (QED) is 0.822. The van der Waals surface area contributed by atoms with Crippen LogP contribution in [0.2, 0.25) is 0 Å². The molecule has 0 amide bonds. The van der Waals surface area contributed by atoms with Gasteiger partial charge < -0.3 is 14.6 Å². The molecule has 1 aliphatic rings. The Morgan fingerprint density at radius 2 is 2.40 bits per heavy atom. The largest absolute Gasteiger partial charge is 0.446 e. The summed E-state index contributed by atoms with van der Waals surface area (Å²) in [7, 11) is 2.09. The predicted molar refractivity (Wildman–Crippen MR) is 62.4 cm³/mol. The predicted octanol–water partition coefficient (Wildman–Crippen LogP) is 2.17. The molecule has 1 fully saturated rings. The van der Waals surface area contributed by atoms with Gasteiger partial charge in [-0.1, -0.05) is 0 Å². The van der Waals surface area contributed by atoms with E-state index in [0.717, 1.165) is 18.2 Å². The van der Waals surface area contributed by atoms with Crippen LogP contribution < -0.4 is 10.2 Å². The van der Waals surface area contributed by atoms with E-state index >= 15 is 0 Å². The number of nitrogens with zero attached hydrogens (tertiary/aromatic N) is 1. The monoisotopic (exact) mass is 208 g/mol. The van der Waals surface area contributed by atoms with Crippen LogP contribution in [0.25, 0.3) is 0 Å². The zero-order chi connectivity index (χ0) is 10.7. The number of aryl methyl sites for hydroxylation is 1. The zero-order valence-corrected chi connectivity index (χ0v) is 9.62. The molecule has 0 aromatic carbocycles. The van der Waals surface area contributed by atoms with E-state index in [4.69, 9.17) is 4.42 Å². The fraction of sp³-hybridized carbons (Fsp3) is 0.667. The third kappa shape index (κ3) is 2.75. The Balaban J connectivity index is 1.79. The molecule has 0 aliphatic carbocycles. The van der Waals surface area contributed by atoms with Gasteiger partial charge in [-0.05, 0) is 38.8 Å². The molecule has 0 radical (unpaired) electrons. The highest BCUT2D eigenvalue weighted by Crippen LogP contribution is 2.17. The van der Waals surface area contributed by atoms with Crippen LogP contribution in [0.15, 0.2) is 16.5 Å². The summed E-state index contributed by atoms with van der Waals surface area (Å²) in [5.74, 6) is 1.96. The van der Waals surface area contributed by atoms with Crippen molar-refractivity contribution >= 4 is 5.88 Å². The normalized spacial score (nSPS) is 20.8. The number of hydrogen-bond donors (Lipinski definition) is 1. The molecule has 3 heteroatoms. The molecular formula is C12H20N2O. The van der Waals surface area contributed by atoms with Crippen LogP contribution in [0, 0.1) is 6.92 Å². The molecule has 1 atom stereocenters. The molecule has 1 aromatic rings. The van der Waals surface area contributed by atoms with Gasteiger partial charge >= 0.3 is 0 Å². The van der Waals surface area contributed by atoms with Crippen molar-refractivity contribution in [2.75, 3.05) is 25.0 Å². The van der Waals surface area contributed by atoms with Gasteiger partial charge in [-0.2, -0.15) is 0 Å². The first-order valence-electron chi connectivity index (χ1n) is 5.76. The molecule has 2 rings (SSSR count). The number of nitrogens with one attached hydrogen (secondary N) is 1. The Labute approximate surface area is 91.4 Å². The third-order valence-electron chi connectivity index (χ3n) is 3.08. The van der Waals surface area contributed by atoms with Gasteiger partial charge in [0, 0.05) is 25.7 Å². The highest BCUT2D eigenvalue weighted by molar-refractivity contribution is 5.34. The van der Waals surface area contributed by atoms with Gasteiger partial charge in [0.2, 0.25) is 0 Å². The molecule has 15 heavy (non-hydrogen) atoms. The lowest BCUT2D eigenvalue weighted by molar-refractivity contribution is 0.507. The average molecular weight is 208 g/mol. The molecule has 1 N–H and O–H groups in total. The third-order valence-corrected chi connectivity index (χ3v) is 3.08. The molecule has 0 saturated carbocycles. The van der Waals surface area contributed by atoms with Crippen molar-refractivity contribution in [2.45, 2.75) is 32.2 Å². The lowest BCUT2D eigenvalue weighted by Crippen LogP contribution is -2.28. The lowest BCUT2D eigenvalue weighted by Gasteiger charge is -2.18. The van der Waals surface area contributed by atoms with Crippen LogP contribution in [0.1, 0.15) is 25.0 Å². The topological polar surface area (TPSA) is 28.4 Å². The minimum atomic E-state index is 0.712. The minimum absolute atomic E-state index is 0.712. The van der Waals surface area contributed by atoms with E-state index in [2.05, 4.69) is 17.3 Å². The number of anilines is 1. The second kappa shape index (κ2) is 4.71. The Hall–Kier alpha value is -0.960. The van der Waals surface area contributed by atoms with E-state index in [9.17, 15) is 0 Å². The maximum atomic E-state index is 5.57. The molecular weight excluding hydrogens is 188 g/mol. The summed E-state index contributed by atoms with van der Waals surface area (Å²) in [6.07, 6.45) is 3.86. The van der Waals surface area contributed by atoms with Crippen LogP contribution in [-0.2, 0) is 0 Å². The first-order chi connectivity index (χ1) is 7.25. The summed E-state index contributed by atoms with van der Waals surface area (Å²) in [6, 6.07) is 4.76. The van der Waals surface area contributed by atoms with Crippen molar-refractivity contribution in [2.24, 2.45) is 0 Å². The molecule has 2 heterocycles. The average Bonchev–Trinajstić information content (AvgIpc) is 2.84. The van der Waals surface area contributed by atoms with E-state index < -0.39 is 0 Å².